The molecule has 2 fully saturated rings. The minimum atomic E-state index is -0.480. The van der Waals surface area contributed by atoms with Gasteiger partial charge in [-0.15, -0.1) is 0 Å². The maximum absolute atomic E-state index is 13.5. The number of amides is 2. The third kappa shape index (κ3) is 3.65. The highest BCUT2D eigenvalue weighted by atomic mass is 16.2. The van der Waals surface area contributed by atoms with Crippen LogP contribution >= 0.6 is 0 Å². The summed E-state index contributed by atoms with van der Waals surface area (Å²) in [5, 5.41) is 0. The van der Waals surface area contributed by atoms with Crippen molar-refractivity contribution in [2.45, 2.75) is 77.9 Å². The number of benzene rings is 1. The first kappa shape index (κ1) is 18.9. The van der Waals surface area contributed by atoms with Gasteiger partial charge < -0.3 is 9.80 Å². The Bertz CT molecular complexity index is 647. The average Bonchev–Trinajstić information content (AvgIpc) is 2.64. The molecule has 2 atom stereocenters. The summed E-state index contributed by atoms with van der Waals surface area (Å²) in [6.07, 6.45) is 5.18. The molecule has 2 aliphatic rings. The fraction of sp³-hybridized carbons (Fsp3) is 0.636. The van der Waals surface area contributed by atoms with Gasteiger partial charge in [0.25, 0.3) is 5.91 Å². The van der Waals surface area contributed by atoms with Gasteiger partial charge in [-0.3, -0.25) is 9.59 Å². The van der Waals surface area contributed by atoms with Crippen LogP contribution in [-0.4, -0.2) is 40.2 Å². The number of hydrogen-bond acceptors (Lipinski definition) is 2. The number of carbonyl (C=O) groups excluding carboxylic acids is 2. The number of nitrogens with zero attached hydrogens (tertiary/aromatic N) is 2. The molecule has 4 heteroatoms. The maximum Gasteiger partial charge on any atom is 0.250 e. The standard InChI is InChI=1S/C22H32N2O2/c1-5-17(4)24-20(25)14-23(19-12-8-16(3)9-13-19)22(26)21(24)18-10-6-15(2)7-11-18/h6-7,10-11,16-17,19,21H,5,8-9,12-14H2,1-4H3/t16?,17-,19?,21+/m0/s1. The Morgan fingerprint density at radius 3 is 2.27 bits per heavy atom. The van der Waals surface area contributed by atoms with E-state index in [0.717, 1.165) is 49.1 Å². The lowest BCUT2D eigenvalue weighted by Gasteiger charge is -2.47. The van der Waals surface area contributed by atoms with E-state index in [-0.39, 0.29) is 30.4 Å². The molecule has 4 nitrogen and oxygen atoms in total. The van der Waals surface area contributed by atoms with Crippen molar-refractivity contribution >= 4 is 11.8 Å². The molecule has 142 valence electrons. The molecule has 1 aromatic rings. The van der Waals surface area contributed by atoms with Crippen LogP contribution in [0.5, 0.6) is 0 Å². The van der Waals surface area contributed by atoms with Crippen molar-refractivity contribution < 1.29 is 9.59 Å². The normalized spacial score (nSPS) is 28.4. The second-order valence-electron chi connectivity index (χ2n) is 8.25. The topological polar surface area (TPSA) is 40.6 Å². The molecule has 1 heterocycles. The Hall–Kier alpha value is -1.84. The van der Waals surface area contributed by atoms with Crippen molar-refractivity contribution in [3.8, 4) is 0 Å². The highest BCUT2D eigenvalue weighted by Crippen LogP contribution is 2.35. The molecule has 1 saturated heterocycles. The molecule has 0 bridgehead atoms. The van der Waals surface area contributed by atoms with Gasteiger partial charge in [0.15, 0.2) is 0 Å². The lowest BCUT2D eigenvalue weighted by molar-refractivity contribution is -0.161. The largest absolute Gasteiger partial charge is 0.328 e. The van der Waals surface area contributed by atoms with Crippen LogP contribution < -0.4 is 0 Å². The molecule has 0 spiro atoms. The molecule has 0 unspecified atom stereocenters. The summed E-state index contributed by atoms with van der Waals surface area (Å²) in [5.74, 6) is 0.919. The first-order valence-electron chi connectivity index (χ1n) is 10.1. The zero-order valence-electron chi connectivity index (χ0n) is 16.6. The number of aryl methyl sites for hydroxylation is 1. The van der Waals surface area contributed by atoms with Crippen LogP contribution in [0.3, 0.4) is 0 Å². The lowest BCUT2D eigenvalue weighted by Crippen LogP contribution is -2.60. The van der Waals surface area contributed by atoms with Crippen molar-refractivity contribution in [2.75, 3.05) is 6.54 Å². The summed E-state index contributed by atoms with van der Waals surface area (Å²) >= 11 is 0. The minimum absolute atomic E-state index is 0.0614. The van der Waals surface area contributed by atoms with E-state index >= 15 is 0 Å². The Morgan fingerprint density at radius 2 is 1.69 bits per heavy atom. The average molecular weight is 357 g/mol. The lowest BCUT2D eigenvalue weighted by atomic mass is 9.85. The molecule has 1 aliphatic heterocycles. The third-order valence-corrected chi connectivity index (χ3v) is 6.27. The number of carbonyl (C=O) groups is 2. The Labute approximate surface area is 157 Å². The SMILES string of the molecule is CC[C@H](C)N1C(=O)CN(C2CCC(C)CC2)C(=O)[C@H]1c1ccc(C)cc1. The Kier molecular flexibility index (Phi) is 5.69. The molecular weight excluding hydrogens is 324 g/mol. The van der Waals surface area contributed by atoms with Crippen molar-refractivity contribution in [1.29, 1.82) is 0 Å². The van der Waals surface area contributed by atoms with E-state index in [0.29, 0.717) is 0 Å². The maximum atomic E-state index is 13.5. The van der Waals surface area contributed by atoms with Gasteiger partial charge in [-0.2, -0.15) is 0 Å². The molecule has 2 amide bonds. The monoisotopic (exact) mass is 356 g/mol. The van der Waals surface area contributed by atoms with Crippen LogP contribution in [0.2, 0.25) is 0 Å². The van der Waals surface area contributed by atoms with Crippen LogP contribution in [0.1, 0.15) is 70.0 Å². The van der Waals surface area contributed by atoms with Crippen LogP contribution in [0.15, 0.2) is 24.3 Å². The van der Waals surface area contributed by atoms with E-state index in [1.165, 1.54) is 0 Å². The van der Waals surface area contributed by atoms with Gasteiger partial charge in [-0.1, -0.05) is 43.7 Å². The first-order chi connectivity index (χ1) is 12.4. The molecule has 1 aliphatic carbocycles. The summed E-state index contributed by atoms with van der Waals surface area (Å²) in [5.41, 5.74) is 2.10. The molecule has 0 aromatic heterocycles. The van der Waals surface area contributed by atoms with Gasteiger partial charge in [0.1, 0.15) is 12.6 Å². The second-order valence-corrected chi connectivity index (χ2v) is 8.25. The number of hydrogen-bond donors (Lipinski definition) is 0. The van der Waals surface area contributed by atoms with Gasteiger partial charge in [0, 0.05) is 12.1 Å². The fourth-order valence-electron chi connectivity index (χ4n) is 4.34. The van der Waals surface area contributed by atoms with Crippen LogP contribution in [0.25, 0.3) is 0 Å². The summed E-state index contributed by atoms with van der Waals surface area (Å²) in [4.78, 5) is 30.3. The molecule has 0 N–H and O–H groups in total. The van der Waals surface area contributed by atoms with E-state index in [2.05, 4.69) is 13.8 Å². The van der Waals surface area contributed by atoms with E-state index in [9.17, 15) is 9.59 Å². The van der Waals surface area contributed by atoms with Crippen LogP contribution in [0, 0.1) is 12.8 Å². The van der Waals surface area contributed by atoms with Crippen LogP contribution in [0.4, 0.5) is 0 Å². The molecule has 1 aromatic carbocycles. The molecule has 26 heavy (non-hydrogen) atoms. The van der Waals surface area contributed by atoms with Gasteiger partial charge in [0.05, 0.1) is 0 Å². The van der Waals surface area contributed by atoms with E-state index in [1.807, 2.05) is 47.9 Å². The second kappa shape index (κ2) is 7.81. The number of piperazine rings is 1. The zero-order valence-corrected chi connectivity index (χ0v) is 16.6. The highest BCUT2D eigenvalue weighted by molar-refractivity contribution is 5.96. The summed E-state index contributed by atoms with van der Waals surface area (Å²) in [6.45, 7) is 8.68. The van der Waals surface area contributed by atoms with Crippen molar-refractivity contribution in [1.82, 2.24) is 9.80 Å². The first-order valence-corrected chi connectivity index (χ1v) is 10.1. The van der Waals surface area contributed by atoms with Crippen molar-refractivity contribution in [3.05, 3.63) is 35.4 Å². The third-order valence-electron chi connectivity index (χ3n) is 6.27. The highest BCUT2D eigenvalue weighted by Gasteiger charge is 2.44. The quantitative estimate of drug-likeness (QED) is 0.815. The van der Waals surface area contributed by atoms with Crippen LogP contribution in [-0.2, 0) is 9.59 Å². The minimum Gasteiger partial charge on any atom is -0.328 e. The van der Waals surface area contributed by atoms with Gasteiger partial charge in [-0.25, -0.2) is 0 Å². The summed E-state index contributed by atoms with van der Waals surface area (Å²) in [6, 6.07) is 7.87. The molecular formula is C22H32N2O2. The predicted molar refractivity (Wildman–Crippen MR) is 104 cm³/mol. The Balaban J connectivity index is 1.92. The van der Waals surface area contributed by atoms with Crippen molar-refractivity contribution in [2.24, 2.45) is 5.92 Å². The molecule has 1 saturated carbocycles. The van der Waals surface area contributed by atoms with E-state index < -0.39 is 6.04 Å². The summed E-state index contributed by atoms with van der Waals surface area (Å²) in [7, 11) is 0. The predicted octanol–water partition coefficient (Wildman–Crippen LogP) is 4.08. The van der Waals surface area contributed by atoms with E-state index in [1.54, 1.807) is 0 Å². The van der Waals surface area contributed by atoms with E-state index in [4.69, 9.17) is 0 Å². The zero-order chi connectivity index (χ0) is 18.8. The smallest absolute Gasteiger partial charge is 0.250 e. The molecule has 3 rings (SSSR count). The van der Waals surface area contributed by atoms with Gasteiger partial charge >= 0.3 is 0 Å². The fourth-order valence-corrected chi connectivity index (χ4v) is 4.34. The Morgan fingerprint density at radius 1 is 1.08 bits per heavy atom. The summed E-state index contributed by atoms with van der Waals surface area (Å²) < 4.78 is 0. The van der Waals surface area contributed by atoms with Crippen molar-refractivity contribution in [3.63, 3.8) is 0 Å². The molecule has 0 radical (unpaired) electrons. The van der Waals surface area contributed by atoms with Gasteiger partial charge in [-0.05, 0) is 57.4 Å². The van der Waals surface area contributed by atoms with Gasteiger partial charge in [0.2, 0.25) is 5.91 Å². The number of rotatable bonds is 4.